The van der Waals surface area contributed by atoms with Gasteiger partial charge < -0.3 is 24.1 Å². The minimum atomic E-state index is -0.819. The molecule has 3 aromatic rings. The summed E-state index contributed by atoms with van der Waals surface area (Å²) in [6.07, 6.45) is -0.333. The molecule has 0 radical (unpaired) electrons. The number of ether oxygens (including phenoxy) is 3. The predicted octanol–water partition coefficient (Wildman–Crippen LogP) is 3.15. The number of nitrogens with one attached hydrogen (secondary N) is 1. The van der Waals surface area contributed by atoms with E-state index in [9.17, 15) is 14.0 Å². The topological polar surface area (TPSA) is 80.9 Å². The van der Waals surface area contributed by atoms with E-state index in [0.717, 1.165) is 10.9 Å². The van der Waals surface area contributed by atoms with Crippen LogP contribution in [0.5, 0.6) is 11.5 Å². The van der Waals surface area contributed by atoms with Crippen molar-refractivity contribution >= 4 is 22.8 Å². The number of rotatable bonds is 5. The van der Waals surface area contributed by atoms with Crippen LogP contribution in [-0.2, 0) is 9.53 Å². The molecule has 2 atom stereocenters. The number of halogens is 1. The molecule has 7 nitrogen and oxygen atoms in total. The van der Waals surface area contributed by atoms with Crippen molar-refractivity contribution in [2.45, 2.75) is 18.6 Å². The number of fused-ring (bicyclic) bond motifs is 1. The third-order valence-electron chi connectivity index (χ3n) is 5.19. The van der Waals surface area contributed by atoms with E-state index < -0.39 is 23.9 Å². The Hall–Kier alpha value is -3.55. The van der Waals surface area contributed by atoms with Crippen LogP contribution in [0.3, 0.4) is 0 Å². The predicted molar refractivity (Wildman–Crippen MR) is 107 cm³/mol. The number of amides is 1. The van der Waals surface area contributed by atoms with Crippen LogP contribution in [0.1, 0.15) is 16.9 Å². The largest absolute Gasteiger partial charge is 0.497 e. The van der Waals surface area contributed by atoms with Crippen molar-refractivity contribution in [1.29, 1.82) is 0 Å². The van der Waals surface area contributed by atoms with E-state index in [4.69, 9.17) is 14.2 Å². The number of nitrogens with zero attached hydrogens (tertiary/aromatic N) is 1. The van der Waals surface area contributed by atoms with Crippen molar-refractivity contribution in [3.63, 3.8) is 0 Å². The van der Waals surface area contributed by atoms with Crippen LogP contribution in [-0.4, -0.2) is 54.7 Å². The van der Waals surface area contributed by atoms with Crippen molar-refractivity contribution in [1.82, 2.24) is 9.88 Å². The van der Waals surface area contributed by atoms with Crippen molar-refractivity contribution < 1.29 is 28.2 Å². The Morgan fingerprint density at radius 1 is 1.13 bits per heavy atom. The SMILES string of the molecule is COC(=O)C1CC(Oc2ccccc2F)CN1C(=O)c1cc2ccc(OC)cc2[nH]1. The average molecular weight is 412 g/mol. The summed E-state index contributed by atoms with van der Waals surface area (Å²) in [5, 5.41) is 0.840. The second-order valence-corrected chi connectivity index (χ2v) is 7.04. The number of aromatic amines is 1. The van der Waals surface area contributed by atoms with Crippen molar-refractivity contribution in [3.05, 3.63) is 60.0 Å². The van der Waals surface area contributed by atoms with Crippen LogP contribution in [0.25, 0.3) is 10.9 Å². The van der Waals surface area contributed by atoms with Gasteiger partial charge in [-0.3, -0.25) is 4.79 Å². The van der Waals surface area contributed by atoms with Gasteiger partial charge in [-0.05, 0) is 30.3 Å². The summed E-state index contributed by atoms with van der Waals surface area (Å²) in [5.41, 5.74) is 1.07. The van der Waals surface area contributed by atoms with E-state index in [0.29, 0.717) is 11.4 Å². The van der Waals surface area contributed by atoms with Crippen LogP contribution in [0.15, 0.2) is 48.5 Å². The molecule has 0 spiro atoms. The molecule has 1 amide bonds. The van der Waals surface area contributed by atoms with Crippen LogP contribution >= 0.6 is 0 Å². The molecule has 2 unspecified atom stereocenters. The van der Waals surface area contributed by atoms with Gasteiger partial charge >= 0.3 is 5.97 Å². The second-order valence-electron chi connectivity index (χ2n) is 7.04. The van der Waals surface area contributed by atoms with Gasteiger partial charge in [-0.1, -0.05) is 12.1 Å². The summed E-state index contributed by atoms with van der Waals surface area (Å²) in [6.45, 7) is 0.131. The first kappa shape index (κ1) is 19.8. The molecule has 0 aliphatic carbocycles. The number of hydrogen-bond donors (Lipinski definition) is 1. The summed E-state index contributed by atoms with van der Waals surface area (Å²) in [4.78, 5) is 30.0. The quantitative estimate of drug-likeness (QED) is 0.651. The summed E-state index contributed by atoms with van der Waals surface area (Å²) >= 11 is 0. The Labute approximate surface area is 172 Å². The molecule has 1 fully saturated rings. The first-order valence-electron chi connectivity index (χ1n) is 9.47. The molecule has 30 heavy (non-hydrogen) atoms. The van der Waals surface area contributed by atoms with Crippen molar-refractivity contribution in [2.24, 2.45) is 0 Å². The lowest BCUT2D eigenvalue weighted by Gasteiger charge is -2.21. The molecule has 4 rings (SSSR count). The Morgan fingerprint density at radius 2 is 1.93 bits per heavy atom. The lowest BCUT2D eigenvalue weighted by Crippen LogP contribution is -2.41. The molecule has 1 aliphatic heterocycles. The Kier molecular flexibility index (Phi) is 5.31. The fourth-order valence-electron chi connectivity index (χ4n) is 3.69. The monoisotopic (exact) mass is 412 g/mol. The number of aromatic nitrogens is 1. The Morgan fingerprint density at radius 3 is 2.67 bits per heavy atom. The minimum Gasteiger partial charge on any atom is -0.497 e. The third-order valence-corrected chi connectivity index (χ3v) is 5.19. The maximum atomic E-state index is 14.0. The van der Waals surface area contributed by atoms with Gasteiger partial charge in [-0.15, -0.1) is 0 Å². The summed E-state index contributed by atoms with van der Waals surface area (Å²) < 4.78 is 29.8. The molecule has 2 heterocycles. The molecule has 0 bridgehead atoms. The maximum Gasteiger partial charge on any atom is 0.328 e. The van der Waals surface area contributed by atoms with Crippen LogP contribution in [0.4, 0.5) is 4.39 Å². The van der Waals surface area contributed by atoms with Gasteiger partial charge in [-0.25, -0.2) is 9.18 Å². The normalized spacial score (nSPS) is 18.4. The van der Waals surface area contributed by atoms with E-state index in [1.807, 2.05) is 6.07 Å². The molecule has 0 saturated carbocycles. The number of H-pyrrole nitrogens is 1. The number of hydrogen-bond acceptors (Lipinski definition) is 5. The number of methoxy groups -OCH3 is 2. The molecular weight excluding hydrogens is 391 g/mol. The standard InChI is InChI=1S/C22H21FN2O5/c1-28-14-8-7-13-9-18(24-17(13)10-14)21(26)25-12-15(11-19(25)22(27)29-2)30-20-6-4-3-5-16(20)23/h3-10,15,19,24H,11-12H2,1-2H3. The highest BCUT2D eigenvalue weighted by Crippen LogP contribution is 2.28. The van der Waals surface area contributed by atoms with Crippen molar-refractivity contribution in [2.75, 3.05) is 20.8 Å². The fraction of sp³-hybridized carbons (Fsp3) is 0.273. The molecule has 8 heteroatoms. The van der Waals surface area contributed by atoms with Gasteiger partial charge in [0.1, 0.15) is 23.6 Å². The first-order valence-corrected chi connectivity index (χ1v) is 9.47. The van der Waals surface area contributed by atoms with E-state index in [-0.39, 0.29) is 24.6 Å². The fourth-order valence-corrected chi connectivity index (χ4v) is 3.69. The van der Waals surface area contributed by atoms with E-state index in [2.05, 4.69) is 4.98 Å². The molecule has 1 aromatic heterocycles. The van der Waals surface area contributed by atoms with Crippen LogP contribution < -0.4 is 9.47 Å². The number of likely N-dealkylation sites (tertiary alicyclic amines) is 1. The van der Waals surface area contributed by atoms with E-state index >= 15 is 0 Å². The van der Waals surface area contributed by atoms with Crippen LogP contribution in [0.2, 0.25) is 0 Å². The number of esters is 1. The first-order chi connectivity index (χ1) is 14.5. The highest BCUT2D eigenvalue weighted by atomic mass is 19.1. The molecule has 1 N–H and O–H groups in total. The highest BCUT2D eigenvalue weighted by molar-refractivity contribution is 6.00. The average Bonchev–Trinajstić information content (AvgIpc) is 3.38. The van der Waals surface area contributed by atoms with Gasteiger partial charge in [0, 0.05) is 23.4 Å². The smallest absolute Gasteiger partial charge is 0.328 e. The summed E-state index contributed by atoms with van der Waals surface area (Å²) in [5.74, 6) is -0.657. The maximum absolute atomic E-state index is 14.0. The van der Waals surface area contributed by atoms with Gasteiger partial charge in [0.05, 0.1) is 20.8 Å². The van der Waals surface area contributed by atoms with E-state index in [1.165, 1.54) is 24.1 Å². The summed E-state index contributed by atoms with van der Waals surface area (Å²) in [6, 6.07) is 12.4. The highest BCUT2D eigenvalue weighted by Gasteiger charge is 2.42. The lowest BCUT2D eigenvalue weighted by molar-refractivity contribution is -0.145. The van der Waals surface area contributed by atoms with Crippen LogP contribution in [0, 0.1) is 5.82 Å². The van der Waals surface area contributed by atoms with E-state index in [1.54, 1.807) is 37.4 Å². The third kappa shape index (κ3) is 3.68. The van der Waals surface area contributed by atoms with Gasteiger partial charge in [0.2, 0.25) is 0 Å². The number of carbonyl (C=O) groups is 2. The van der Waals surface area contributed by atoms with Gasteiger partial charge in [0.15, 0.2) is 11.6 Å². The Balaban J connectivity index is 1.59. The Bertz CT molecular complexity index is 1100. The molecule has 1 saturated heterocycles. The van der Waals surface area contributed by atoms with Gasteiger partial charge in [-0.2, -0.15) is 0 Å². The zero-order valence-corrected chi connectivity index (χ0v) is 16.6. The zero-order valence-electron chi connectivity index (χ0n) is 16.6. The van der Waals surface area contributed by atoms with Gasteiger partial charge in [0.25, 0.3) is 5.91 Å². The molecule has 2 aromatic carbocycles. The second kappa shape index (κ2) is 8.06. The van der Waals surface area contributed by atoms with Crippen molar-refractivity contribution in [3.8, 4) is 11.5 Å². The molecule has 1 aliphatic rings. The number of carbonyl (C=O) groups excluding carboxylic acids is 2. The number of benzene rings is 2. The minimum absolute atomic E-state index is 0.0816. The summed E-state index contributed by atoms with van der Waals surface area (Å²) in [7, 11) is 2.84. The zero-order chi connectivity index (χ0) is 21.3. The molecular formula is C22H21FN2O5. The lowest BCUT2D eigenvalue weighted by atomic mass is 10.2. The number of para-hydroxylation sites is 1. The molecule has 156 valence electrons.